The molecule has 4 rings (SSSR count). The van der Waals surface area contributed by atoms with Gasteiger partial charge in [-0.25, -0.2) is 14.2 Å². The van der Waals surface area contributed by atoms with E-state index in [-0.39, 0.29) is 40.4 Å². The van der Waals surface area contributed by atoms with Crippen molar-refractivity contribution in [2.24, 2.45) is 0 Å². The Balaban J connectivity index is 1.85. The van der Waals surface area contributed by atoms with Crippen LogP contribution in [-0.4, -0.2) is 40.6 Å². The number of halogens is 1. The molecule has 0 spiro atoms. The quantitative estimate of drug-likeness (QED) is 0.471. The maximum absolute atomic E-state index is 14.4. The number of aromatic amines is 1. The average Bonchev–Trinajstić information content (AvgIpc) is 3.19. The van der Waals surface area contributed by atoms with Gasteiger partial charge in [-0.15, -0.1) is 5.10 Å². The van der Waals surface area contributed by atoms with Crippen molar-refractivity contribution in [3.63, 3.8) is 0 Å². The SMILES string of the molecule is CCn1c(=O)[nH]c(=O)c2c(C(=O)Nc3ccc(F)c(-n4nnnc4C)c3)cc(C(C)C)nc21. The van der Waals surface area contributed by atoms with Crippen LogP contribution in [0.2, 0.25) is 0 Å². The summed E-state index contributed by atoms with van der Waals surface area (Å²) in [7, 11) is 0. The molecule has 0 saturated carbocycles. The van der Waals surface area contributed by atoms with E-state index in [1.165, 1.54) is 33.5 Å². The van der Waals surface area contributed by atoms with E-state index in [0.717, 1.165) is 0 Å². The molecule has 0 fully saturated rings. The van der Waals surface area contributed by atoms with Gasteiger partial charge in [0.05, 0.1) is 10.9 Å². The molecule has 0 aliphatic heterocycles. The van der Waals surface area contributed by atoms with Gasteiger partial charge in [0.2, 0.25) is 0 Å². The van der Waals surface area contributed by atoms with Gasteiger partial charge in [0.15, 0.2) is 11.5 Å². The van der Waals surface area contributed by atoms with E-state index in [1.807, 2.05) is 13.8 Å². The molecule has 0 saturated heterocycles. The van der Waals surface area contributed by atoms with Gasteiger partial charge in [0.1, 0.15) is 11.5 Å². The minimum atomic E-state index is -0.711. The van der Waals surface area contributed by atoms with E-state index in [1.54, 1.807) is 13.8 Å². The fraction of sp³-hybridized carbons (Fsp3) is 0.286. The highest BCUT2D eigenvalue weighted by Gasteiger charge is 2.21. The largest absolute Gasteiger partial charge is 0.329 e. The van der Waals surface area contributed by atoms with Crippen LogP contribution < -0.4 is 16.6 Å². The number of aromatic nitrogens is 7. The Morgan fingerprint density at radius 2 is 2.00 bits per heavy atom. The Labute approximate surface area is 186 Å². The second-order valence-corrected chi connectivity index (χ2v) is 7.71. The molecule has 4 aromatic rings. The van der Waals surface area contributed by atoms with Gasteiger partial charge in [0.25, 0.3) is 11.5 Å². The molecule has 0 bridgehead atoms. The minimum Gasteiger partial charge on any atom is -0.322 e. The predicted octanol–water partition coefficient (Wildman–Crippen LogP) is 1.90. The summed E-state index contributed by atoms with van der Waals surface area (Å²) in [6.45, 7) is 7.38. The average molecular weight is 452 g/mol. The molecule has 0 aliphatic carbocycles. The van der Waals surface area contributed by atoms with Gasteiger partial charge < -0.3 is 5.32 Å². The zero-order valence-electron chi connectivity index (χ0n) is 18.4. The number of hydrogen-bond donors (Lipinski definition) is 2. The molecule has 3 aromatic heterocycles. The lowest BCUT2D eigenvalue weighted by Crippen LogP contribution is -2.32. The number of hydrogen-bond acceptors (Lipinski definition) is 7. The summed E-state index contributed by atoms with van der Waals surface area (Å²) < 4.78 is 16.9. The van der Waals surface area contributed by atoms with Gasteiger partial charge >= 0.3 is 5.69 Å². The highest BCUT2D eigenvalue weighted by Crippen LogP contribution is 2.23. The molecule has 3 heterocycles. The topological polar surface area (TPSA) is 140 Å². The molecule has 1 amide bonds. The molecule has 170 valence electrons. The van der Waals surface area contributed by atoms with E-state index in [9.17, 15) is 18.8 Å². The van der Waals surface area contributed by atoms with Crippen molar-refractivity contribution >= 4 is 22.6 Å². The lowest BCUT2D eigenvalue weighted by atomic mass is 10.0. The Hall–Kier alpha value is -4.22. The summed E-state index contributed by atoms with van der Waals surface area (Å²) >= 11 is 0. The summed E-state index contributed by atoms with van der Waals surface area (Å²) in [5.74, 6) is -0.894. The maximum Gasteiger partial charge on any atom is 0.329 e. The molecule has 33 heavy (non-hydrogen) atoms. The summed E-state index contributed by atoms with van der Waals surface area (Å²) in [4.78, 5) is 44.9. The number of anilines is 1. The second-order valence-electron chi connectivity index (χ2n) is 7.71. The summed E-state index contributed by atoms with van der Waals surface area (Å²) in [5, 5.41) is 13.7. The van der Waals surface area contributed by atoms with Crippen LogP contribution in [0.15, 0.2) is 33.9 Å². The van der Waals surface area contributed by atoms with Crippen LogP contribution in [0.4, 0.5) is 10.1 Å². The molecule has 0 atom stereocenters. The first-order chi connectivity index (χ1) is 15.7. The Morgan fingerprint density at radius 1 is 1.24 bits per heavy atom. The van der Waals surface area contributed by atoms with Crippen molar-refractivity contribution in [1.82, 2.24) is 34.7 Å². The number of rotatable bonds is 5. The number of H-pyrrole nitrogens is 1. The van der Waals surface area contributed by atoms with Crippen molar-refractivity contribution in [1.29, 1.82) is 0 Å². The van der Waals surface area contributed by atoms with Crippen LogP contribution in [-0.2, 0) is 6.54 Å². The van der Waals surface area contributed by atoms with Gasteiger partial charge in [-0.05, 0) is 54.5 Å². The number of tetrazole rings is 1. The number of aryl methyl sites for hydroxylation is 2. The van der Waals surface area contributed by atoms with Crippen LogP contribution in [0.1, 0.15) is 48.6 Å². The molecule has 2 N–H and O–H groups in total. The number of carbonyl (C=O) groups excluding carboxylic acids is 1. The summed E-state index contributed by atoms with van der Waals surface area (Å²) in [5.41, 5.74) is -0.267. The highest BCUT2D eigenvalue weighted by molar-refractivity contribution is 6.12. The number of nitrogens with one attached hydrogen (secondary N) is 2. The molecule has 0 aliphatic rings. The molecule has 12 heteroatoms. The maximum atomic E-state index is 14.4. The zero-order chi connectivity index (χ0) is 23.9. The Bertz CT molecular complexity index is 1500. The van der Waals surface area contributed by atoms with E-state index in [2.05, 4.69) is 30.8 Å². The third-order valence-electron chi connectivity index (χ3n) is 5.18. The number of pyridine rings is 1. The van der Waals surface area contributed by atoms with E-state index in [0.29, 0.717) is 11.5 Å². The Kier molecular flexibility index (Phi) is 5.58. The van der Waals surface area contributed by atoms with Gasteiger partial charge in [0, 0.05) is 17.9 Å². The molecule has 11 nitrogen and oxygen atoms in total. The highest BCUT2D eigenvalue weighted by atomic mass is 19.1. The molecule has 0 unspecified atom stereocenters. The first-order valence-corrected chi connectivity index (χ1v) is 10.2. The first kappa shape index (κ1) is 22.0. The van der Waals surface area contributed by atoms with Crippen LogP contribution in [0.3, 0.4) is 0 Å². The molecule has 1 aromatic carbocycles. The van der Waals surface area contributed by atoms with Crippen molar-refractivity contribution in [3.8, 4) is 5.69 Å². The lowest BCUT2D eigenvalue weighted by Gasteiger charge is -2.14. The number of benzene rings is 1. The Morgan fingerprint density at radius 3 is 2.64 bits per heavy atom. The van der Waals surface area contributed by atoms with E-state index in [4.69, 9.17) is 0 Å². The normalized spacial score (nSPS) is 11.3. The van der Waals surface area contributed by atoms with E-state index >= 15 is 0 Å². The second kappa shape index (κ2) is 8.37. The monoisotopic (exact) mass is 452 g/mol. The van der Waals surface area contributed by atoms with Crippen LogP contribution in [0, 0.1) is 12.7 Å². The number of carbonyl (C=O) groups is 1. The van der Waals surface area contributed by atoms with Crippen molar-refractivity contribution in [3.05, 3.63) is 68.0 Å². The van der Waals surface area contributed by atoms with Gasteiger partial charge in [-0.2, -0.15) is 4.68 Å². The standard InChI is InChI=1S/C21H21FN8O3/c1-5-29-18-17(20(32)25-21(29)33)13(9-15(24-18)10(2)3)19(31)23-12-6-7-14(22)16(8-12)30-11(4)26-27-28-30/h6-10H,5H2,1-4H3,(H,23,31)(H,25,32,33). The van der Waals surface area contributed by atoms with Gasteiger partial charge in [-0.3, -0.25) is 19.1 Å². The lowest BCUT2D eigenvalue weighted by molar-refractivity contribution is 0.102. The predicted molar refractivity (Wildman–Crippen MR) is 118 cm³/mol. The third-order valence-corrected chi connectivity index (χ3v) is 5.18. The first-order valence-electron chi connectivity index (χ1n) is 10.2. The van der Waals surface area contributed by atoms with Crippen molar-refractivity contribution in [2.75, 3.05) is 5.32 Å². The molecule has 0 radical (unpaired) electrons. The fourth-order valence-electron chi connectivity index (χ4n) is 3.47. The van der Waals surface area contributed by atoms with Crippen LogP contribution >= 0.6 is 0 Å². The summed E-state index contributed by atoms with van der Waals surface area (Å²) in [6.07, 6.45) is 0. The van der Waals surface area contributed by atoms with Gasteiger partial charge in [-0.1, -0.05) is 13.8 Å². The minimum absolute atomic E-state index is 0.00277. The van der Waals surface area contributed by atoms with Crippen molar-refractivity contribution in [2.45, 2.75) is 40.2 Å². The van der Waals surface area contributed by atoms with Crippen LogP contribution in [0.5, 0.6) is 0 Å². The molecular formula is C21H21FN8O3. The van der Waals surface area contributed by atoms with E-state index < -0.39 is 23.0 Å². The third kappa shape index (κ3) is 3.90. The number of fused-ring (bicyclic) bond motifs is 1. The smallest absolute Gasteiger partial charge is 0.322 e. The molecular weight excluding hydrogens is 431 g/mol. The van der Waals surface area contributed by atoms with Crippen LogP contribution in [0.25, 0.3) is 16.7 Å². The fourth-order valence-corrected chi connectivity index (χ4v) is 3.47. The zero-order valence-corrected chi connectivity index (χ0v) is 18.4. The summed E-state index contributed by atoms with van der Waals surface area (Å²) in [6, 6.07) is 5.47. The van der Waals surface area contributed by atoms with Crippen molar-refractivity contribution < 1.29 is 9.18 Å². The number of nitrogens with zero attached hydrogens (tertiary/aromatic N) is 6. The number of amides is 1.